The smallest absolute Gasteiger partial charge is 0.416 e. The molecule has 1 fully saturated rings. The molecule has 9 nitrogen and oxygen atoms in total. The Balaban J connectivity index is 1.82. The Labute approximate surface area is 196 Å². The number of halogens is 3. The number of benzene rings is 1. The molecule has 1 saturated carbocycles. The topological polar surface area (TPSA) is 129 Å². The molecule has 0 radical (unpaired) electrons. The molecule has 4 rings (SSSR count). The number of alkyl halides is 3. The number of carbonyl (C=O) groups excluding carboxylic acids is 2. The number of hydrogen-bond acceptors (Lipinski definition) is 5. The van der Waals surface area contributed by atoms with Gasteiger partial charge in [-0.2, -0.15) is 13.2 Å². The van der Waals surface area contributed by atoms with Crippen molar-refractivity contribution in [3.63, 3.8) is 0 Å². The van der Waals surface area contributed by atoms with Gasteiger partial charge in [0.2, 0.25) is 11.3 Å². The van der Waals surface area contributed by atoms with Gasteiger partial charge in [-0.05, 0) is 31.0 Å². The average molecular weight is 493 g/mol. The second-order valence-corrected chi connectivity index (χ2v) is 8.61. The average Bonchev–Trinajstić information content (AvgIpc) is 2.81. The van der Waals surface area contributed by atoms with Gasteiger partial charge < -0.3 is 20.1 Å². The summed E-state index contributed by atoms with van der Waals surface area (Å²) in [4.78, 5) is 51.2. The number of fused-ring (bicyclic) bond motifs is 1. The van der Waals surface area contributed by atoms with E-state index in [9.17, 15) is 42.6 Å². The van der Waals surface area contributed by atoms with Crippen molar-refractivity contribution in [2.24, 2.45) is 0 Å². The van der Waals surface area contributed by atoms with Gasteiger partial charge in [0.25, 0.3) is 5.91 Å². The highest BCUT2D eigenvalue weighted by molar-refractivity contribution is 6.11. The van der Waals surface area contributed by atoms with E-state index in [1.54, 1.807) is 0 Å². The number of hydrogen-bond donors (Lipinski definition) is 3. The highest BCUT2D eigenvalue weighted by atomic mass is 19.4. The second-order valence-electron chi connectivity index (χ2n) is 8.61. The number of aromatic carboxylic acids is 1. The van der Waals surface area contributed by atoms with E-state index in [4.69, 9.17) is 0 Å². The number of rotatable bonds is 4. The largest absolute Gasteiger partial charge is 0.503 e. The maximum Gasteiger partial charge on any atom is 0.416 e. The highest BCUT2D eigenvalue weighted by Crippen LogP contribution is 2.34. The molecule has 1 aromatic heterocycles. The fourth-order valence-electron chi connectivity index (χ4n) is 4.57. The van der Waals surface area contributed by atoms with Gasteiger partial charge in [-0.1, -0.05) is 25.3 Å². The second kappa shape index (κ2) is 9.08. The summed E-state index contributed by atoms with van der Waals surface area (Å²) < 4.78 is 41.0. The van der Waals surface area contributed by atoms with Gasteiger partial charge in [-0.25, -0.2) is 4.79 Å². The van der Waals surface area contributed by atoms with Crippen molar-refractivity contribution >= 4 is 23.5 Å². The van der Waals surface area contributed by atoms with Gasteiger partial charge >= 0.3 is 12.1 Å². The molecule has 2 heterocycles. The molecule has 2 aromatic rings. The highest BCUT2D eigenvalue weighted by Gasteiger charge is 2.42. The first-order valence-electron chi connectivity index (χ1n) is 11.0. The molecular weight excluding hydrogens is 471 g/mol. The maximum atomic E-state index is 13.4. The molecular formula is C23H22F3N3O6. The standard InChI is InChI=1S/C23H22F3N3O6/c24-23(25,26)12-5-4-8-14(9-12)29-16(20(32)27-13-6-2-1-3-7-13)11-28-10-15(22(34)35)18(30)19(31)17(28)21(29)33/h4-5,8-10,13,16,31H,1-3,6-7,11H2,(H,27,32)(H,34,35). The molecule has 12 heteroatoms. The minimum absolute atomic E-state index is 0.173. The minimum Gasteiger partial charge on any atom is -0.503 e. The van der Waals surface area contributed by atoms with Crippen molar-refractivity contribution in [1.29, 1.82) is 0 Å². The molecule has 0 saturated heterocycles. The fraction of sp³-hybridized carbons (Fsp3) is 0.391. The van der Waals surface area contributed by atoms with Crippen LogP contribution in [0.15, 0.2) is 35.3 Å². The van der Waals surface area contributed by atoms with Crippen LogP contribution < -0.4 is 15.6 Å². The van der Waals surface area contributed by atoms with Crippen LogP contribution in [-0.4, -0.2) is 44.6 Å². The Bertz CT molecular complexity index is 1250. The molecule has 1 atom stereocenters. The van der Waals surface area contributed by atoms with Crippen molar-refractivity contribution < 1.29 is 37.8 Å². The van der Waals surface area contributed by atoms with E-state index in [1.807, 2.05) is 0 Å². The zero-order valence-electron chi connectivity index (χ0n) is 18.3. The lowest BCUT2D eigenvalue weighted by molar-refractivity contribution is -0.137. The quantitative estimate of drug-likeness (QED) is 0.601. The zero-order valence-corrected chi connectivity index (χ0v) is 18.3. The van der Waals surface area contributed by atoms with E-state index >= 15 is 0 Å². The van der Waals surface area contributed by atoms with Gasteiger partial charge in [-0.15, -0.1) is 0 Å². The molecule has 1 unspecified atom stereocenters. The van der Waals surface area contributed by atoms with Crippen LogP contribution in [0.2, 0.25) is 0 Å². The number of carboxylic acids is 1. The van der Waals surface area contributed by atoms with Gasteiger partial charge in [0.05, 0.1) is 12.1 Å². The Morgan fingerprint density at radius 2 is 1.77 bits per heavy atom. The van der Waals surface area contributed by atoms with Crippen LogP contribution in [0.25, 0.3) is 0 Å². The van der Waals surface area contributed by atoms with Gasteiger partial charge in [0.15, 0.2) is 11.4 Å². The van der Waals surface area contributed by atoms with E-state index in [0.29, 0.717) is 18.9 Å². The molecule has 186 valence electrons. The Morgan fingerprint density at radius 3 is 2.40 bits per heavy atom. The van der Waals surface area contributed by atoms with Crippen molar-refractivity contribution in [3.8, 4) is 5.75 Å². The lowest BCUT2D eigenvalue weighted by Gasteiger charge is -2.38. The fourth-order valence-corrected chi connectivity index (χ4v) is 4.57. The van der Waals surface area contributed by atoms with Gasteiger partial charge in [0.1, 0.15) is 11.6 Å². The normalized spacial score (nSPS) is 18.8. The van der Waals surface area contributed by atoms with Crippen molar-refractivity contribution in [1.82, 2.24) is 9.88 Å². The first-order chi connectivity index (χ1) is 16.5. The molecule has 1 aromatic carbocycles. The zero-order chi connectivity index (χ0) is 25.5. The molecule has 2 amide bonds. The summed E-state index contributed by atoms with van der Waals surface area (Å²) in [7, 11) is 0. The Hall–Kier alpha value is -3.83. The summed E-state index contributed by atoms with van der Waals surface area (Å²) in [5, 5.41) is 22.5. The minimum atomic E-state index is -4.72. The number of anilines is 1. The summed E-state index contributed by atoms with van der Waals surface area (Å²) in [5.74, 6) is -4.54. The summed E-state index contributed by atoms with van der Waals surface area (Å²) in [5.41, 5.74) is -4.04. The molecule has 1 aliphatic carbocycles. The molecule has 2 aliphatic rings. The lowest BCUT2D eigenvalue weighted by atomic mass is 9.95. The predicted octanol–water partition coefficient (Wildman–Crippen LogP) is 2.75. The van der Waals surface area contributed by atoms with Crippen LogP contribution in [-0.2, 0) is 17.5 Å². The molecule has 0 spiro atoms. The summed E-state index contributed by atoms with van der Waals surface area (Å²) in [6.07, 6.45) is 0.357. The molecule has 1 aliphatic heterocycles. The number of aromatic hydroxyl groups is 1. The van der Waals surface area contributed by atoms with Crippen LogP contribution in [0.1, 0.15) is 58.5 Å². The van der Waals surface area contributed by atoms with E-state index < -0.39 is 58.0 Å². The Morgan fingerprint density at radius 1 is 1.09 bits per heavy atom. The number of carboxylic acid groups (broad SMARTS) is 1. The van der Waals surface area contributed by atoms with Gasteiger partial charge in [-0.3, -0.25) is 19.3 Å². The van der Waals surface area contributed by atoms with Crippen molar-refractivity contribution in [2.75, 3.05) is 4.90 Å². The van der Waals surface area contributed by atoms with Crippen LogP contribution in [0, 0.1) is 0 Å². The summed E-state index contributed by atoms with van der Waals surface area (Å²) >= 11 is 0. The van der Waals surface area contributed by atoms with Crippen LogP contribution in [0.4, 0.5) is 18.9 Å². The third-order valence-electron chi connectivity index (χ3n) is 6.30. The van der Waals surface area contributed by atoms with Crippen molar-refractivity contribution in [3.05, 3.63) is 57.5 Å². The SMILES string of the molecule is O=C(O)c1cn2c(c(O)c1=O)C(=O)N(c1cccc(C(F)(F)F)c1)C(C(=O)NC1CCCCC1)C2. The Kier molecular flexibility index (Phi) is 6.30. The monoisotopic (exact) mass is 493 g/mol. The van der Waals surface area contributed by atoms with Crippen LogP contribution in [0.5, 0.6) is 5.75 Å². The molecule has 3 N–H and O–H groups in total. The first-order valence-corrected chi connectivity index (χ1v) is 11.0. The molecule has 0 bridgehead atoms. The van der Waals surface area contributed by atoms with Crippen molar-refractivity contribution in [2.45, 2.75) is 56.9 Å². The molecule has 35 heavy (non-hydrogen) atoms. The van der Waals surface area contributed by atoms with E-state index in [1.165, 1.54) is 6.07 Å². The number of amides is 2. The van der Waals surface area contributed by atoms with Gasteiger partial charge in [0, 0.05) is 17.9 Å². The van der Waals surface area contributed by atoms with E-state index in [-0.39, 0.29) is 18.3 Å². The number of carbonyl (C=O) groups is 3. The third-order valence-corrected chi connectivity index (χ3v) is 6.30. The number of nitrogens with one attached hydrogen (secondary N) is 1. The first kappa shape index (κ1) is 24.3. The predicted molar refractivity (Wildman–Crippen MR) is 116 cm³/mol. The maximum absolute atomic E-state index is 13.4. The lowest BCUT2D eigenvalue weighted by Crippen LogP contribution is -2.57. The summed E-state index contributed by atoms with van der Waals surface area (Å²) in [6, 6.07) is 2.28. The number of nitrogens with zero attached hydrogens (tertiary/aromatic N) is 2. The third kappa shape index (κ3) is 4.60. The number of pyridine rings is 1. The van der Waals surface area contributed by atoms with E-state index in [2.05, 4.69) is 5.32 Å². The summed E-state index contributed by atoms with van der Waals surface area (Å²) in [6.45, 7) is -0.385. The van der Waals surface area contributed by atoms with Crippen LogP contribution in [0.3, 0.4) is 0 Å². The van der Waals surface area contributed by atoms with E-state index in [0.717, 1.165) is 47.1 Å². The number of aromatic nitrogens is 1. The van der Waals surface area contributed by atoms with Crippen LogP contribution >= 0.6 is 0 Å².